The van der Waals surface area contributed by atoms with Gasteiger partial charge in [0.25, 0.3) is 0 Å². The monoisotopic (exact) mass is 271 g/mol. The molecule has 0 bridgehead atoms. The minimum absolute atomic E-state index is 0.0655. The molecule has 15 heavy (non-hydrogen) atoms. The summed E-state index contributed by atoms with van der Waals surface area (Å²) in [5.74, 6) is 0.420. The molecule has 3 heteroatoms. The molecular weight excluding hydrogens is 254 g/mol. The molecule has 0 fully saturated rings. The van der Waals surface area contributed by atoms with Gasteiger partial charge in [-0.25, -0.2) is 0 Å². The highest BCUT2D eigenvalue weighted by atomic mass is 79.9. The summed E-state index contributed by atoms with van der Waals surface area (Å²) < 4.78 is 6.15. The molecule has 1 rings (SSSR count). The Balaban J connectivity index is 2.67. The number of nitrogens with two attached hydrogens (primary N) is 1. The van der Waals surface area contributed by atoms with E-state index < -0.39 is 0 Å². The van der Waals surface area contributed by atoms with Gasteiger partial charge in [0.15, 0.2) is 0 Å². The average Bonchev–Trinajstić information content (AvgIpc) is 2.25. The van der Waals surface area contributed by atoms with Crippen molar-refractivity contribution in [3.8, 4) is 0 Å². The Morgan fingerprint density at radius 1 is 1.40 bits per heavy atom. The first kappa shape index (κ1) is 12.7. The highest BCUT2D eigenvalue weighted by Crippen LogP contribution is 2.27. The molecule has 1 aromatic rings. The SMILES string of the molecule is COCCC(C)C(N)c1ccccc1Br. The lowest BCUT2D eigenvalue weighted by Gasteiger charge is -2.21. The van der Waals surface area contributed by atoms with E-state index in [1.165, 1.54) is 5.56 Å². The first-order chi connectivity index (χ1) is 7.16. The molecule has 2 atom stereocenters. The van der Waals surface area contributed by atoms with Crippen LogP contribution in [0.3, 0.4) is 0 Å². The van der Waals surface area contributed by atoms with Crippen molar-refractivity contribution in [3.63, 3.8) is 0 Å². The zero-order valence-electron chi connectivity index (χ0n) is 9.24. The molecule has 0 saturated heterocycles. The van der Waals surface area contributed by atoms with E-state index in [4.69, 9.17) is 10.5 Å². The second-order valence-electron chi connectivity index (χ2n) is 3.81. The topological polar surface area (TPSA) is 35.2 Å². The van der Waals surface area contributed by atoms with Crippen molar-refractivity contribution in [1.82, 2.24) is 0 Å². The Kier molecular flexibility index (Phi) is 5.29. The summed E-state index contributed by atoms with van der Waals surface area (Å²) in [7, 11) is 1.72. The largest absolute Gasteiger partial charge is 0.385 e. The maximum Gasteiger partial charge on any atom is 0.0465 e. The van der Waals surface area contributed by atoms with Crippen LogP contribution in [0.25, 0.3) is 0 Å². The highest BCUT2D eigenvalue weighted by molar-refractivity contribution is 9.10. The van der Waals surface area contributed by atoms with Gasteiger partial charge in [-0.2, -0.15) is 0 Å². The van der Waals surface area contributed by atoms with E-state index in [2.05, 4.69) is 28.9 Å². The Hall–Kier alpha value is -0.380. The van der Waals surface area contributed by atoms with Gasteiger partial charge >= 0.3 is 0 Å². The third kappa shape index (κ3) is 3.59. The smallest absolute Gasteiger partial charge is 0.0465 e. The van der Waals surface area contributed by atoms with Gasteiger partial charge in [0.05, 0.1) is 0 Å². The molecule has 0 aliphatic heterocycles. The summed E-state index contributed by atoms with van der Waals surface area (Å²) in [6, 6.07) is 8.18. The maximum atomic E-state index is 6.19. The van der Waals surface area contributed by atoms with Crippen LogP contribution in [-0.2, 0) is 4.74 Å². The van der Waals surface area contributed by atoms with Crippen molar-refractivity contribution in [3.05, 3.63) is 34.3 Å². The second kappa shape index (κ2) is 6.26. The van der Waals surface area contributed by atoms with Crippen molar-refractivity contribution in [2.75, 3.05) is 13.7 Å². The van der Waals surface area contributed by atoms with Gasteiger partial charge in [-0.15, -0.1) is 0 Å². The summed E-state index contributed by atoms with van der Waals surface area (Å²) >= 11 is 3.52. The van der Waals surface area contributed by atoms with Gasteiger partial charge in [0, 0.05) is 24.2 Å². The van der Waals surface area contributed by atoms with E-state index in [0.717, 1.165) is 17.5 Å². The molecule has 0 heterocycles. The van der Waals surface area contributed by atoms with Crippen molar-refractivity contribution < 1.29 is 4.74 Å². The maximum absolute atomic E-state index is 6.19. The van der Waals surface area contributed by atoms with Gasteiger partial charge in [-0.3, -0.25) is 0 Å². The molecule has 1 aromatic carbocycles. The van der Waals surface area contributed by atoms with Crippen molar-refractivity contribution in [2.45, 2.75) is 19.4 Å². The number of rotatable bonds is 5. The van der Waals surface area contributed by atoms with E-state index in [1.807, 2.05) is 18.2 Å². The number of hydrogen-bond donors (Lipinski definition) is 1. The van der Waals surface area contributed by atoms with Crippen LogP contribution in [0.1, 0.15) is 24.9 Å². The van der Waals surface area contributed by atoms with Crippen molar-refractivity contribution >= 4 is 15.9 Å². The quantitative estimate of drug-likeness (QED) is 0.893. The number of halogens is 1. The van der Waals surface area contributed by atoms with Crippen LogP contribution < -0.4 is 5.73 Å². The molecule has 0 aliphatic carbocycles. The number of methoxy groups -OCH3 is 1. The van der Waals surface area contributed by atoms with Crippen molar-refractivity contribution in [1.29, 1.82) is 0 Å². The summed E-state index contributed by atoms with van der Waals surface area (Å²) in [4.78, 5) is 0. The highest BCUT2D eigenvalue weighted by Gasteiger charge is 2.16. The van der Waals surface area contributed by atoms with Crippen LogP contribution >= 0.6 is 15.9 Å². The molecule has 0 aliphatic rings. The molecule has 2 unspecified atom stereocenters. The molecule has 84 valence electrons. The van der Waals surface area contributed by atoms with Crippen LogP contribution in [0.4, 0.5) is 0 Å². The number of hydrogen-bond acceptors (Lipinski definition) is 2. The predicted octanol–water partition coefficient (Wildman–Crippen LogP) is 3.12. The minimum Gasteiger partial charge on any atom is -0.385 e. The lowest BCUT2D eigenvalue weighted by atomic mass is 9.93. The van der Waals surface area contributed by atoms with E-state index in [1.54, 1.807) is 7.11 Å². The zero-order chi connectivity index (χ0) is 11.3. The molecular formula is C12H18BrNO. The minimum atomic E-state index is 0.0655. The molecule has 0 aromatic heterocycles. The Bertz CT molecular complexity index is 303. The Morgan fingerprint density at radius 2 is 2.07 bits per heavy atom. The van der Waals surface area contributed by atoms with E-state index in [-0.39, 0.29) is 6.04 Å². The zero-order valence-corrected chi connectivity index (χ0v) is 10.8. The summed E-state index contributed by atoms with van der Waals surface area (Å²) in [5, 5.41) is 0. The fourth-order valence-corrected chi connectivity index (χ4v) is 2.08. The lowest BCUT2D eigenvalue weighted by molar-refractivity contribution is 0.174. The first-order valence-electron chi connectivity index (χ1n) is 5.15. The Labute approximate surface area is 99.9 Å². The molecule has 2 N–H and O–H groups in total. The number of benzene rings is 1. The standard InChI is InChI=1S/C12H18BrNO/c1-9(7-8-15-2)12(14)10-5-3-4-6-11(10)13/h3-6,9,12H,7-8,14H2,1-2H3. The van der Waals surface area contributed by atoms with Gasteiger partial charge in [0.2, 0.25) is 0 Å². The van der Waals surface area contributed by atoms with Gasteiger partial charge in [0.1, 0.15) is 0 Å². The third-order valence-corrected chi connectivity index (χ3v) is 3.38. The van der Waals surface area contributed by atoms with E-state index in [0.29, 0.717) is 5.92 Å². The van der Waals surface area contributed by atoms with Gasteiger partial charge in [-0.1, -0.05) is 41.1 Å². The molecule has 0 spiro atoms. The third-order valence-electron chi connectivity index (χ3n) is 2.65. The second-order valence-corrected chi connectivity index (χ2v) is 4.66. The van der Waals surface area contributed by atoms with Crippen molar-refractivity contribution in [2.24, 2.45) is 11.7 Å². The van der Waals surface area contributed by atoms with Crippen LogP contribution in [0.2, 0.25) is 0 Å². The first-order valence-corrected chi connectivity index (χ1v) is 5.95. The molecule has 0 saturated carbocycles. The Morgan fingerprint density at radius 3 is 2.67 bits per heavy atom. The average molecular weight is 272 g/mol. The molecule has 2 nitrogen and oxygen atoms in total. The van der Waals surface area contributed by atoms with Crippen LogP contribution in [0, 0.1) is 5.92 Å². The van der Waals surface area contributed by atoms with Gasteiger partial charge < -0.3 is 10.5 Å². The normalized spacial score (nSPS) is 14.9. The summed E-state index contributed by atoms with van der Waals surface area (Å²) in [6.45, 7) is 2.92. The van der Waals surface area contributed by atoms with Crippen LogP contribution in [0.5, 0.6) is 0 Å². The number of ether oxygens (including phenoxy) is 1. The fourth-order valence-electron chi connectivity index (χ4n) is 1.54. The summed E-state index contributed by atoms with van der Waals surface area (Å²) in [5.41, 5.74) is 7.36. The lowest BCUT2D eigenvalue weighted by Crippen LogP contribution is -2.20. The van der Waals surface area contributed by atoms with Gasteiger partial charge in [-0.05, 0) is 24.0 Å². The molecule has 0 radical (unpaired) electrons. The fraction of sp³-hybridized carbons (Fsp3) is 0.500. The summed E-state index contributed by atoms with van der Waals surface area (Å²) in [6.07, 6.45) is 0.985. The van der Waals surface area contributed by atoms with Crippen LogP contribution in [0.15, 0.2) is 28.7 Å². The predicted molar refractivity (Wildman–Crippen MR) is 66.7 cm³/mol. The van der Waals surface area contributed by atoms with E-state index >= 15 is 0 Å². The van der Waals surface area contributed by atoms with Crippen LogP contribution in [-0.4, -0.2) is 13.7 Å². The molecule has 0 amide bonds. The van der Waals surface area contributed by atoms with E-state index in [9.17, 15) is 0 Å².